The van der Waals surface area contributed by atoms with E-state index in [-0.39, 0.29) is 0 Å². The van der Waals surface area contributed by atoms with Gasteiger partial charge in [0.05, 0.1) is 0 Å². The molecule has 0 saturated heterocycles. The van der Waals surface area contributed by atoms with Crippen molar-refractivity contribution in [2.24, 2.45) is 0 Å². The lowest BCUT2D eigenvalue weighted by Gasteiger charge is -2.19. The maximum Gasteiger partial charge on any atom is 0.250 e. The maximum atomic E-state index is 12.2. The number of rotatable bonds is 9. The molecule has 1 fully saturated rings. The minimum Gasteiger partial charge on any atom is -0.315 e. The van der Waals surface area contributed by atoms with Gasteiger partial charge in [-0.2, -0.15) is 0 Å². The zero-order chi connectivity index (χ0) is 14.6. The third kappa shape index (κ3) is 4.26. The van der Waals surface area contributed by atoms with Crippen LogP contribution in [0.15, 0.2) is 16.3 Å². The summed E-state index contributed by atoms with van der Waals surface area (Å²) in [6, 6.07) is 4.21. The van der Waals surface area contributed by atoms with Crippen molar-refractivity contribution >= 4 is 21.4 Å². The molecule has 20 heavy (non-hydrogen) atoms. The molecule has 2 rings (SSSR count). The van der Waals surface area contributed by atoms with E-state index in [1.807, 2.05) is 13.1 Å². The Labute approximate surface area is 125 Å². The Hall–Kier alpha value is -0.470. The van der Waals surface area contributed by atoms with Gasteiger partial charge in [-0.3, -0.25) is 4.90 Å². The fraction of sp³-hybridized carbons (Fsp3) is 0.692. The molecule has 1 heterocycles. The van der Waals surface area contributed by atoms with Crippen LogP contribution in [0.4, 0.5) is 0 Å². The molecular weight excluding hydrogens is 294 g/mol. The van der Waals surface area contributed by atoms with Gasteiger partial charge in [0.25, 0.3) is 0 Å². The molecule has 0 bridgehead atoms. The van der Waals surface area contributed by atoms with Crippen LogP contribution in [0.3, 0.4) is 0 Å². The average molecular weight is 317 g/mol. The van der Waals surface area contributed by atoms with E-state index in [2.05, 4.69) is 21.9 Å². The fourth-order valence-corrected chi connectivity index (χ4v) is 4.64. The van der Waals surface area contributed by atoms with Crippen molar-refractivity contribution in [2.75, 3.05) is 26.7 Å². The molecular formula is C13H23N3O2S2. The molecule has 0 atom stereocenters. The van der Waals surface area contributed by atoms with Gasteiger partial charge >= 0.3 is 0 Å². The van der Waals surface area contributed by atoms with Crippen LogP contribution >= 0.6 is 11.3 Å². The molecule has 114 valence electrons. The molecule has 2 N–H and O–H groups in total. The molecule has 1 aromatic rings. The number of hydrogen-bond acceptors (Lipinski definition) is 5. The van der Waals surface area contributed by atoms with Crippen molar-refractivity contribution in [2.45, 2.75) is 36.6 Å². The van der Waals surface area contributed by atoms with Crippen molar-refractivity contribution in [3.8, 4) is 0 Å². The van der Waals surface area contributed by atoms with Crippen molar-refractivity contribution in [3.63, 3.8) is 0 Å². The number of hydrogen-bond donors (Lipinski definition) is 2. The second-order valence-electron chi connectivity index (χ2n) is 5.01. The van der Waals surface area contributed by atoms with E-state index >= 15 is 0 Å². The highest BCUT2D eigenvalue weighted by molar-refractivity contribution is 7.91. The summed E-state index contributed by atoms with van der Waals surface area (Å²) in [5.74, 6) is 0. The van der Waals surface area contributed by atoms with Crippen LogP contribution in [-0.2, 0) is 16.6 Å². The first-order valence-corrected chi connectivity index (χ1v) is 9.34. The lowest BCUT2D eigenvalue weighted by Crippen LogP contribution is -2.35. The summed E-state index contributed by atoms with van der Waals surface area (Å²) in [4.78, 5) is 3.37. The molecule has 5 nitrogen and oxygen atoms in total. The van der Waals surface area contributed by atoms with E-state index in [9.17, 15) is 8.42 Å². The van der Waals surface area contributed by atoms with Crippen molar-refractivity contribution in [1.29, 1.82) is 0 Å². The highest BCUT2D eigenvalue weighted by Crippen LogP contribution is 2.26. The number of sulfonamides is 1. The SMILES string of the molecule is CCN(CCNS(=O)(=O)c1ccc(CNC)s1)C1CC1. The second kappa shape index (κ2) is 7.00. The van der Waals surface area contributed by atoms with E-state index in [0.29, 0.717) is 23.3 Å². The van der Waals surface area contributed by atoms with Gasteiger partial charge in [-0.05, 0) is 38.6 Å². The van der Waals surface area contributed by atoms with Gasteiger partial charge in [0.15, 0.2) is 0 Å². The van der Waals surface area contributed by atoms with Gasteiger partial charge in [-0.25, -0.2) is 13.1 Å². The standard InChI is InChI=1S/C13H23N3O2S2/c1-3-16(11-4-5-11)9-8-15-20(17,18)13-7-6-12(19-13)10-14-2/h6-7,11,14-15H,3-5,8-10H2,1-2H3. The van der Waals surface area contributed by atoms with Crippen molar-refractivity contribution in [3.05, 3.63) is 17.0 Å². The molecule has 0 spiro atoms. The molecule has 1 saturated carbocycles. The Morgan fingerprint density at radius 3 is 2.75 bits per heavy atom. The van der Waals surface area contributed by atoms with Crippen LogP contribution < -0.4 is 10.0 Å². The largest absolute Gasteiger partial charge is 0.315 e. The normalized spacial score (nSPS) is 15.9. The van der Waals surface area contributed by atoms with E-state index in [1.54, 1.807) is 6.07 Å². The minimum absolute atomic E-state index is 0.400. The smallest absolute Gasteiger partial charge is 0.250 e. The van der Waals surface area contributed by atoms with Crippen molar-refractivity contribution in [1.82, 2.24) is 14.9 Å². The Kier molecular flexibility index (Phi) is 5.57. The molecule has 0 aliphatic heterocycles. The molecule has 0 amide bonds. The zero-order valence-corrected chi connectivity index (χ0v) is 13.7. The Bertz CT molecular complexity index is 523. The van der Waals surface area contributed by atoms with E-state index in [0.717, 1.165) is 18.0 Å². The van der Waals surface area contributed by atoms with Crippen LogP contribution in [0.5, 0.6) is 0 Å². The monoisotopic (exact) mass is 317 g/mol. The van der Waals surface area contributed by atoms with E-state index < -0.39 is 10.0 Å². The Morgan fingerprint density at radius 1 is 1.40 bits per heavy atom. The first kappa shape index (κ1) is 15.9. The Balaban J connectivity index is 1.86. The third-order valence-corrected chi connectivity index (χ3v) is 6.45. The lowest BCUT2D eigenvalue weighted by atomic mass is 10.4. The summed E-state index contributed by atoms with van der Waals surface area (Å²) in [7, 11) is -1.50. The average Bonchev–Trinajstić information content (AvgIpc) is 3.14. The predicted molar refractivity (Wildman–Crippen MR) is 82.5 cm³/mol. The summed E-state index contributed by atoms with van der Waals surface area (Å²) in [5, 5.41) is 3.02. The van der Waals surface area contributed by atoms with E-state index in [4.69, 9.17) is 0 Å². The minimum atomic E-state index is -3.35. The van der Waals surface area contributed by atoms with E-state index in [1.165, 1.54) is 24.2 Å². The first-order valence-electron chi connectivity index (χ1n) is 7.04. The Morgan fingerprint density at radius 2 is 2.15 bits per heavy atom. The highest BCUT2D eigenvalue weighted by Gasteiger charge is 2.27. The molecule has 1 aliphatic carbocycles. The third-order valence-electron chi connectivity index (χ3n) is 3.41. The maximum absolute atomic E-state index is 12.2. The summed E-state index contributed by atoms with van der Waals surface area (Å²) in [5.41, 5.74) is 0. The molecule has 0 radical (unpaired) electrons. The van der Waals surface area contributed by atoms with Crippen molar-refractivity contribution < 1.29 is 8.42 Å². The summed E-state index contributed by atoms with van der Waals surface area (Å²) in [6.07, 6.45) is 2.50. The van der Waals surface area contributed by atoms with Gasteiger partial charge < -0.3 is 5.32 Å². The van der Waals surface area contributed by atoms with Gasteiger partial charge in [0.2, 0.25) is 10.0 Å². The molecule has 1 aromatic heterocycles. The predicted octanol–water partition coefficient (Wildman–Crippen LogP) is 1.23. The second-order valence-corrected chi connectivity index (χ2v) is 8.17. The summed E-state index contributed by atoms with van der Waals surface area (Å²) >= 11 is 1.32. The number of thiophene rings is 1. The van der Waals surface area contributed by atoms with Gasteiger partial charge in [-0.1, -0.05) is 6.92 Å². The number of likely N-dealkylation sites (N-methyl/N-ethyl adjacent to an activating group) is 1. The van der Waals surface area contributed by atoms with Crippen LogP contribution in [0.1, 0.15) is 24.6 Å². The van der Waals surface area contributed by atoms with Crippen LogP contribution in [0, 0.1) is 0 Å². The number of nitrogens with one attached hydrogen (secondary N) is 2. The highest BCUT2D eigenvalue weighted by atomic mass is 32.2. The quantitative estimate of drug-likeness (QED) is 0.719. The fourth-order valence-electron chi connectivity index (χ4n) is 2.21. The molecule has 1 aliphatic rings. The van der Waals surface area contributed by atoms with Gasteiger partial charge in [0.1, 0.15) is 4.21 Å². The summed E-state index contributed by atoms with van der Waals surface area (Å²) < 4.78 is 27.4. The topological polar surface area (TPSA) is 61.4 Å². The molecule has 0 aromatic carbocycles. The van der Waals surface area contributed by atoms with Gasteiger partial charge in [0, 0.05) is 30.6 Å². The summed E-state index contributed by atoms with van der Waals surface area (Å²) in [6.45, 7) is 5.07. The van der Waals surface area contributed by atoms with Crippen LogP contribution in [-0.4, -0.2) is 46.0 Å². The van der Waals surface area contributed by atoms with Crippen LogP contribution in [0.2, 0.25) is 0 Å². The van der Waals surface area contributed by atoms with Gasteiger partial charge in [-0.15, -0.1) is 11.3 Å². The zero-order valence-electron chi connectivity index (χ0n) is 12.1. The molecule has 0 unspecified atom stereocenters. The lowest BCUT2D eigenvalue weighted by molar-refractivity contribution is 0.282. The van der Waals surface area contributed by atoms with Crippen LogP contribution in [0.25, 0.3) is 0 Å². The first-order chi connectivity index (χ1) is 9.56. The number of nitrogens with zero attached hydrogens (tertiary/aromatic N) is 1. The molecule has 7 heteroatoms.